The molecule has 0 N–H and O–H groups in total. The SMILES string of the molecule is COc1ccc(-c2nn(C)c(OC(F)F)c2Cl)cc1. The van der Waals surface area contributed by atoms with Crippen molar-refractivity contribution in [1.82, 2.24) is 9.78 Å². The fourth-order valence-electron chi connectivity index (χ4n) is 1.63. The molecule has 0 saturated carbocycles. The van der Waals surface area contributed by atoms with E-state index in [1.807, 2.05) is 0 Å². The largest absolute Gasteiger partial charge is 0.497 e. The number of halogens is 3. The third kappa shape index (κ3) is 2.78. The van der Waals surface area contributed by atoms with Crippen molar-refractivity contribution in [1.29, 1.82) is 0 Å². The molecular weight excluding hydrogens is 278 g/mol. The highest BCUT2D eigenvalue weighted by atomic mass is 35.5. The van der Waals surface area contributed by atoms with Crippen LogP contribution in [-0.2, 0) is 7.05 Å². The van der Waals surface area contributed by atoms with E-state index in [2.05, 4.69) is 9.84 Å². The van der Waals surface area contributed by atoms with Crippen LogP contribution in [0.3, 0.4) is 0 Å². The Balaban J connectivity index is 2.39. The lowest BCUT2D eigenvalue weighted by Gasteiger charge is -2.03. The van der Waals surface area contributed by atoms with Crippen LogP contribution in [0.25, 0.3) is 11.3 Å². The molecule has 0 aliphatic heterocycles. The minimum atomic E-state index is -2.95. The number of hydrogen-bond donors (Lipinski definition) is 0. The molecule has 0 spiro atoms. The zero-order chi connectivity index (χ0) is 14.0. The van der Waals surface area contributed by atoms with Crippen LogP contribution < -0.4 is 9.47 Å². The Kier molecular flexibility index (Phi) is 3.90. The molecule has 0 aliphatic rings. The summed E-state index contributed by atoms with van der Waals surface area (Å²) < 4.78 is 35.0. The maximum absolute atomic E-state index is 12.3. The van der Waals surface area contributed by atoms with Crippen LogP contribution >= 0.6 is 11.6 Å². The van der Waals surface area contributed by atoms with Crippen LogP contribution in [0.4, 0.5) is 8.78 Å². The Bertz CT molecular complexity index is 570. The molecule has 1 aromatic heterocycles. The Morgan fingerprint density at radius 1 is 1.26 bits per heavy atom. The minimum Gasteiger partial charge on any atom is -0.497 e. The Hall–Kier alpha value is -1.82. The van der Waals surface area contributed by atoms with Gasteiger partial charge in [-0.15, -0.1) is 0 Å². The highest BCUT2D eigenvalue weighted by Crippen LogP contribution is 2.35. The molecule has 0 amide bonds. The van der Waals surface area contributed by atoms with Crippen molar-refractivity contribution in [2.45, 2.75) is 6.61 Å². The van der Waals surface area contributed by atoms with Gasteiger partial charge in [0.25, 0.3) is 0 Å². The number of hydrogen-bond acceptors (Lipinski definition) is 3. The zero-order valence-electron chi connectivity index (χ0n) is 10.2. The summed E-state index contributed by atoms with van der Waals surface area (Å²) in [5, 5.41) is 4.12. The van der Waals surface area contributed by atoms with Gasteiger partial charge >= 0.3 is 6.61 Å². The molecule has 7 heteroatoms. The topological polar surface area (TPSA) is 36.3 Å². The molecule has 1 heterocycles. The highest BCUT2D eigenvalue weighted by molar-refractivity contribution is 6.34. The quantitative estimate of drug-likeness (QED) is 0.865. The number of aromatic nitrogens is 2. The van der Waals surface area contributed by atoms with Crippen molar-refractivity contribution in [3.63, 3.8) is 0 Å². The number of alkyl halides is 2. The summed E-state index contributed by atoms with van der Waals surface area (Å²) in [7, 11) is 3.04. The summed E-state index contributed by atoms with van der Waals surface area (Å²) in [6, 6.07) is 6.93. The van der Waals surface area contributed by atoms with E-state index >= 15 is 0 Å². The second kappa shape index (κ2) is 5.44. The smallest absolute Gasteiger partial charge is 0.388 e. The molecule has 1 aromatic carbocycles. The molecule has 19 heavy (non-hydrogen) atoms. The van der Waals surface area contributed by atoms with E-state index in [9.17, 15) is 8.78 Å². The molecule has 0 fully saturated rings. The monoisotopic (exact) mass is 288 g/mol. The molecule has 0 atom stereocenters. The van der Waals surface area contributed by atoms with Crippen molar-refractivity contribution in [2.75, 3.05) is 7.11 Å². The van der Waals surface area contributed by atoms with E-state index in [-0.39, 0.29) is 10.9 Å². The number of ether oxygens (including phenoxy) is 2. The summed E-state index contributed by atoms with van der Waals surface area (Å²) in [5.74, 6) is 0.516. The van der Waals surface area contributed by atoms with Gasteiger partial charge in [0.2, 0.25) is 5.88 Å². The summed E-state index contributed by atoms with van der Waals surface area (Å²) in [6.07, 6.45) is 0. The van der Waals surface area contributed by atoms with Crippen molar-refractivity contribution in [3.8, 4) is 22.9 Å². The van der Waals surface area contributed by atoms with Crippen molar-refractivity contribution in [2.24, 2.45) is 7.05 Å². The second-order valence-corrected chi connectivity index (χ2v) is 4.08. The van der Waals surface area contributed by atoms with Crippen LogP contribution in [0.15, 0.2) is 24.3 Å². The molecule has 0 saturated heterocycles. The number of benzene rings is 1. The molecule has 0 aliphatic carbocycles. The van der Waals surface area contributed by atoms with Crippen molar-refractivity contribution < 1.29 is 18.3 Å². The first-order chi connectivity index (χ1) is 9.02. The average molecular weight is 289 g/mol. The van der Waals surface area contributed by atoms with Crippen LogP contribution in [0.1, 0.15) is 0 Å². The number of rotatable bonds is 4. The van der Waals surface area contributed by atoms with Gasteiger partial charge in [0.15, 0.2) is 0 Å². The van der Waals surface area contributed by atoms with Crippen LogP contribution in [0.2, 0.25) is 5.02 Å². The number of aryl methyl sites for hydroxylation is 1. The van der Waals surface area contributed by atoms with Crippen molar-refractivity contribution >= 4 is 11.6 Å². The molecule has 0 bridgehead atoms. The molecule has 2 rings (SSSR count). The maximum atomic E-state index is 12.3. The molecule has 0 unspecified atom stereocenters. The maximum Gasteiger partial charge on any atom is 0.388 e. The average Bonchev–Trinajstić information content (AvgIpc) is 2.66. The van der Waals surface area contributed by atoms with E-state index in [0.29, 0.717) is 17.0 Å². The summed E-state index contributed by atoms with van der Waals surface area (Å²) in [4.78, 5) is 0. The first-order valence-corrected chi connectivity index (χ1v) is 5.72. The summed E-state index contributed by atoms with van der Waals surface area (Å²) in [5.41, 5.74) is 1.06. The fourth-order valence-corrected chi connectivity index (χ4v) is 1.94. The van der Waals surface area contributed by atoms with E-state index in [4.69, 9.17) is 16.3 Å². The van der Waals surface area contributed by atoms with Gasteiger partial charge < -0.3 is 9.47 Å². The highest BCUT2D eigenvalue weighted by Gasteiger charge is 2.20. The first-order valence-electron chi connectivity index (χ1n) is 5.34. The lowest BCUT2D eigenvalue weighted by Crippen LogP contribution is -2.06. The van der Waals surface area contributed by atoms with Crippen LogP contribution in [-0.4, -0.2) is 23.5 Å². The van der Waals surface area contributed by atoms with Gasteiger partial charge in [0.1, 0.15) is 16.5 Å². The van der Waals surface area contributed by atoms with E-state index in [1.165, 1.54) is 11.7 Å². The van der Waals surface area contributed by atoms with Gasteiger partial charge in [-0.3, -0.25) is 0 Å². The van der Waals surface area contributed by atoms with Crippen molar-refractivity contribution in [3.05, 3.63) is 29.3 Å². The normalized spacial score (nSPS) is 10.8. The van der Waals surface area contributed by atoms with Gasteiger partial charge in [-0.25, -0.2) is 4.68 Å². The molecular formula is C12H11ClF2N2O2. The van der Waals surface area contributed by atoms with Gasteiger partial charge in [0, 0.05) is 12.6 Å². The predicted octanol–water partition coefficient (Wildman–Crippen LogP) is 3.35. The summed E-state index contributed by atoms with van der Waals surface area (Å²) >= 11 is 6.01. The second-order valence-electron chi connectivity index (χ2n) is 3.70. The Morgan fingerprint density at radius 3 is 2.42 bits per heavy atom. The molecule has 2 aromatic rings. The van der Waals surface area contributed by atoms with E-state index < -0.39 is 6.61 Å². The van der Waals surface area contributed by atoms with Gasteiger partial charge in [-0.05, 0) is 24.3 Å². The lowest BCUT2D eigenvalue weighted by atomic mass is 10.1. The number of nitrogens with zero attached hydrogens (tertiary/aromatic N) is 2. The van der Waals surface area contributed by atoms with Crippen LogP contribution in [0, 0.1) is 0 Å². The van der Waals surface area contributed by atoms with Gasteiger partial charge in [-0.2, -0.15) is 13.9 Å². The molecule has 0 radical (unpaired) electrons. The minimum absolute atomic E-state index is 0.0490. The van der Waals surface area contributed by atoms with E-state index in [1.54, 1.807) is 31.4 Å². The number of methoxy groups -OCH3 is 1. The van der Waals surface area contributed by atoms with Crippen LogP contribution in [0.5, 0.6) is 11.6 Å². The standard InChI is InChI=1S/C12H11ClF2N2O2/c1-17-11(19-12(14)15)9(13)10(16-17)7-3-5-8(18-2)6-4-7/h3-6,12H,1-2H3. The van der Waals surface area contributed by atoms with E-state index in [0.717, 1.165) is 0 Å². The lowest BCUT2D eigenvalue weighted by molar-refractivity contribution is -0.0552. The zero-order valence-corrected chi connectivity index (χ0v) is 11.0. The third-order valence-electron chi connectivity index (χ3n) is 2.50. The van der Waals surface area contributed by atoms with Gasteiger partial charge in [0.05, 0.1) is 7.11 Å². The van der Waals surface area contributed by atoms with Gasteiger partial charge in [-0.1, -0.05) is 11.6 Å². The molecule has 102 valence electrons. The fraction of sp³-hybridized carbons (Fsp3) is 0.250. The first kappa shape index (κ1) is 13.6. The Morgan fingerprint density at radius 2 is 1.89 bits per heavy atom. The summed E-state index contributed by atoms with van der Waals surface area (Å²) in [6.45, 7) is -2.95. The molecule has 4 nitrogen and oxygen atoms in total. The predicted molar refractivity (Wildman–Crippen MR) is 66.8 cm³/mol. The third-order valence-corrected chi connectivity index (χ3v) is 2.84. The Labute approximate surface area is 113 Å².